The SMILES string of the molecule is CC(=Nc1cccc(B2OC(C)(C)C(C)(C)O2)c1)C(C)=Nc1cccc(B2OC(C)(C)C(C)(C)O2)c1. The molecule has 0 saturated carbocycles. The van der Waals surface area contributed by atoms with Crippen molar-refractivity contribution in [1.82, 2.24) is 0 Å². The molecule has 0 radical (unpaired) electrons. The van der Waals surface area contributed by atoms with Crippen molar-refractivity contribution >= 4 is 48.0 Å². The van der Waals surface area contributed by atoms with Gasteiger partial charge in [-0.1, -0.05) is 24.3 Å². The second-order valence-corrected chi connectivity index (χ2v) is 11.8. The Morgan fingerprint density at radius 1 is 0.556 bits per heavy atom. The molecule has 2 aliphatic heterocycles. The summed E-state index contributed by atoms with van der Waals surface area (Å²) in [5, 5.41) is 0. The Morgan fingerprint density at radius 2 is 0.861 bits per heavy atom. The Labute approximate surface area is 216 Å². The van der Waals surface area contributed by atoms with Gasteiger partial charge in [-0.25, -0.2) is 0 Å². The second kappa shape index (κ2) is 9.25. The van der Waals surface area contributed by atoms with Crippen molar-refractivity contribution in [1.29, 1.82) is 0 Å². The number of hydrogen-bond donors (Lipinski definition) is 0. The molecule has 0 amide bonds. The van der Waals surface area contributed by atoms with E-state index in [1.165, 1.54) is 0 Å². The van der Waals surface area contributed by atoms with Gasteiger partial charge in [-0.05, 0) is 104 Å². The van der Waals surface area contributed by atoms with Crippen LogP contribution in [0.3, 0.4) is 0 Å². The first-order valence-corrected chi connectivity index (χ1v) is 12.6. The van der Waals surface area contributed by atoms with E-state index in [0.717, 1.165) is 33.7 Å². The van der Waals surface area contributed by atoms with E-state index in [4.69, 9.17) is 28.6 Å². The molecule has 2 aliphatic rings. The molecule has 0 unspecified atom stereocenters. The third-order valence-corrected chi connectivity index (χ3v) is 7.91. The van der Waals surface area contributed by atoms with E-state index in [2.05, 4.69) is 55.4 Å². The molecule has 36 heavy (non-hydrogen) atoms. The van der Waals surface area contributed by atoms with E-state index in [-0.39, 0.29) is 22.4 Å². The van der Waals surface area contributed by atoms with E-state index in [1.54, 1.807) is 0 Å². The number of hydrogen-bond acceptors (Lipinski definition) is 6. The van der Waals surface area contributed by atoms with Crippen molar-refractivity contribution in [3.05, 3.63) is 48.5 Å². The molecule has 190 valence electrons. The molecule has 4 rings (SSSR count). The van der Waals surface area contributed by atoms with Gasteiger partial charge in [-0.15, -0.1) is 0 Å². The first kappa shape index (κ1) is 26.8. The standard InChI is InChI=1S/C28H38B2N2O4/c1-19(31-23-15-11-13-21(17-23)29-33-25(3,4)26(5,6)34-29)20(2)32-24-16-12-14-22(18-24)30-35-27(7,8)28(9,10)36-30/h11-18H,1-10H3. The lowest BCUT2D eigenvalue weighted by atomic mass is 9.79. The molecule has 2 aromatic rings. The minimum Gasteiger partial charge on any atom is -0.399 e. The van der Waals surface area contributed by atoms with Gasteiger partial charge in [0.15, 0.2) is 0 Å². The van der Waals surface area contributed by atoms with Crippen molar-refractivity contribution in [3.8, 4) is 0 Å². The van der Waals surface area contributed by atoms with Crippen molar-refractivity contribution in [2.45, 2.75) is 91.6 Å². The lowest BCUT2D eigenvalue weighted by molar-refractivity contribution is 0.00578. The van der Waals surface area contributed by atoms with Crippen molar-refractivity contribution in [2.75, 3.05) is 0 Å². The zero-order chi connectivity index (χ0) is 26.5. The van der Waals surface area contributed by atoms with Gasteiger partial charge in [0.25, 0.3) is 0 Å². The van der Waals surface area contributed by atoms with Crippen LogP contribution in [0.2, 0.25) is 0 Å². The van der Waals surface area contributed by atoms with Crippen LogP contribution in [0.4, 0.5) is 11.4 Å². The second-order valence-electron chi connectivity index (χ2n) is 11.8. The summed E-state index contributed by atoms with van der Waals surface area (Å²) in [5.74, 6) is 0. The van der Waals surface area contributed by atoms with Gasteiger partial charge >= 0.3 is 14.2 Å². The molecular weight excluding hydrogens is 450 g/mol. The minimum absolute atomic E-state index is 0.384. The van der Waals surface area contributed by atoms with Crippen molar-refractivity contribution < 1.29 is 18.6 Å². The molecule has 2 saturated heterocycles. The highest BCUT2D eigenvalue weighted by Crippen LogP contribution is 2.37. The highest BCUT2D eigenvalue weighted by atomic mass is 16.7. The molecule has 0 atom stereocenters. The van der Waals surface area contributed by atoms with Gasteiger partial charge in [0, 0.05) is 0 Å². The molecular formula is C28H38B2N2O4. The third-order valence-electron chi connectivity index (χ3n) is 7.91. The van der Waals surface area contributed by atoms with Crippen molar-refractivity contribution in [2.24, 2.45) is 9.98 Å². The van der Waals surface area contributed by atoms with Gasteiger partial charge < -0.3 is 18.6 Å². The topological polar surface area (TPSA) is 61.6 Å². The molecule has 6 nitrogen and oxygen atoms in total. The normalized spacial score (nSPS) is 22.8. The maximum atomic E-state index is 6.20. The van der Waals surface area contributed by atoms with E-state index in [1.807, 2.05) is 62.4 Å². The van der Waals surface area contributed by atoms with Crippen LogP contribution in [-0.2, 0) is 18.6 Å². The Balaban J connectivity index is 1.52. The van der Waals surface area contributed by atoms with Crippen LogP contribution in [0.1, 0.15) is 69.2 Å². The smallest absolute Gasteiger partial charge is 0.399 e. The monoisotopic (exact) mass is 488 g/mol. The van der Waals surface area contributed by atoms with Gasteiger partial charge in [0.2, 0.25) is 0 Å². The summed E-state index contributed by atoms with van der Waals surface area (Å²) in [6, 6.07) is 16.0. The van der Waals surface area contributed by atoms with Crippen molar-refractivity contribution in [3.63, 3.8) is 0 Å². The fraction of sp³-hybridized carbons (Fsp3) is 0.500. The molecule has 0 aromatic heterocycles. The first-order chi connectivity index (χ1) is 16.6. The third kappa shape index (κ3) is 5.23. The van der Waals surface area contributed by atoms with Gasteiger partial charge in [-0.3, -0.25) is 9.98 Å². The van der Waals surface area contributed by atoms with Crippen LogP contribution in [0.5, 0.6) is 0 Å². The number of rotatable bonds is 5. The van der Waals surface area contributed by atoms with Gasteiger partial charge in [0.05, 0.1) is 45.2 Å². The summed E-state index contributed by atoms with van der Waals surface area (Å²) < 4.78 is 24.8. The van der Waals surface area contributed by atoms with E-state index < -0.39 is 14.2 Å². The maximum absolute atomic E-state index is 6.20. The summed E-state index contributed by atoms with van der Waals surface area (Å²) in [5.41, 5.74) is 3.70. The van der Waals surface area contributed by atoms with E-state index >= 15 is 0 Å². The van der Waals surface area contributed by atoms with Crippen LogP contribution in [0.15, 0.2) is 58.5 Å². The average molecular weight is 488 g/mol. The molecule has 0 N–H and O–H groups in total. The molecule has 0 bridgehead atoms. The molecule has 0 aliphatic carbocycles. The minimum atomic E-state index is -0.419. The Kier molecular flexibility index (Phi) is 6.88. The predicted molar refractivity (Wildman–Crippen MR) is 150 cm³/mol. The maximum Gasteiger partial charge on any atom is 0.494 e. The summed E-state index contributed by atoms with van der Waals surface area (Å²) in [7, 11) is -0.837. The molecule has 8 heteroatoms. The predicted octanol–water partition coefficient (Wildman–Crippen LogP) is 5.17. The molecule has 0 spiro atoms. The van der Waals surface area contributed by atoms with Gasteiger partial charge in [-0.2, -0.15) is 0 Å². The zero-order valence-electron chi connectivity index (χ0n) is 23.3. The van der Waals surface area contributed by atoms with Crippen LogP contribution >= 0.6 is 0 Å². The summed E-state index contributed by atoms with van der Waals surface area (Å²) >= 11 is 0. The number of nitrogens with zero attached hydrogens (tertiary/aromatic N) is 2. The fourth-order valence-electron chi connectivity index (χ4n) is 3.99. The number of aliphatic imine (C=N–C) groups is 2. The lowest BCUT2D eigenvalue weighted by Crippen LogP contribution is -2.41. The molecule has 2 heterocycles. The fourth-order valence-corrected chi connectivity index (χ4v) is 3.99. The van der Waals surface area contributed by atoms with E-state index in [0.29, 0.717) is 0 Å². The lowest BCUT2D eigenvalue weighted by Gasteiger charge is -2.32. The van der Waals surface area contributed by atoms with Crippen LogP contribution in [0, 0.1) is 0 Å². The number of benzene rings is 2. The summed E-state index contributed by atoms with van der Waals surface area (Å²) in [6.07, 6.45) is 0. The largest absolute Gasteiger partial charge is 0.494 e. The zero-order valence-corrected chi connectivity index (χ0v) is 23.3. The highest BCUT2D eigenvalue weighted by molar-refractivity contribution is 6.62. The van der Waals surface area contributed by atoms with Crippen LogP contribution in [0.25, 0.3) is 0 Å². The average Bonchev–Trinajstić information content (AvgIpc) is 3.13. The Hall–Kier alpha value is -2.25. The summed E-state index contributed by atoms with van der Waals surface area (Å²) in [4.78, 5) is 9.65. The summed E-state index contributed by atoms with van der Waals surface area (Å²) in [6.45, 7) is 20.4. The quantitative estimate of drug-likeness (QED) is 0.431. The van der Waals surface area contributed by atoms with Crippen LogP contribution in [-0.4, -0.2) is 48.1 Å². The van der Waals surface area contributed by atoms with Gasteiger partial charge in [0.1, 0.15) is 0 Å². The first-order valence-electron chi connectivity index (χ1n) is 12.6. The highest BCUT2D eigenvalue weighted by Gasteiger charge is 2.52. The molecule has 2 aromatic carbocycles. The van der Waals surface area contributed by atoms with E-state index in [9.17, 15) is 0 Å². The molecule has 2 fully saturated rings. The van der Waals surface area contributed by atoms with Crippen LogP contribution < -0.4 is 10.9 Å². The Morgan fingerprint density at radius 3 is 1.17 bits per heavy atom. The Bertz CT molecular complexity index is 1080.